The summed E-state index contributed by atoms with van der Waals surface area (Å²) >= 11 is 0. The fourth-order valence-electron chi connectivity index (χ4n) is 4.39. The number of ether oxygens (including phenoxy) is 4. The molecule has 0 aliphatic carbocycles. The Morgan fingerprint density at radius 3 is 1.86 bits per heavy atom. The van der Waals surface area contributed by atoms with Gasteiger partial charge in [0.2, 0.25) is 5.75 Å². The average Bonchev–Trinajstić information content (AvgIpc) is 2.66. The Balaban J connectivity index is 1.70. The van der Waals surface area contributed by atoms with Crippen LogP contribution in [0.25, 0.3) is 6.08 Å². The van der Waals surface area contributed by atoms with Crippen LogP contribution >= 0.6 is 0 Å². The minimum absolute atomic E-state index is 0.0236. The van der Waals surface area contributed by atoms with Crippen molar-refractivity contribution in [3.63, 3.8) is 0 Å². The summed E-state index contributed by atoms with van der Waals surface area (Å²) in [6.45, 7) is 3.81. The maximum absolute atomic E-state index is 12.5. The standard InChI is InChI=1S/C21H30N2O5/c1-22-10-15-12-23(2)13-16(11-22)20(15)28-19(24)7-6-14-8-17(25-3)21(27-5)18(9-14)26-4/h6-9,15-16,20H,10-13H2,1-5H3. The van der Waals surface area contributed by atoms with Crippen LogP contribution in [0.15, 0.2) is 18.2 Å². The van der Waals surface area contributed by atoms with E-state index in [-0.39, 0.29) is 12.1 Å². The van der Waals surface area contributed by atoms with Crippen LogP contribution in [0.1, 0.15) is 5.56 Å². The van der Waals surface area contributed by atoms with Crippen LogP contribution in [-0.2, 0) is 9.53 Å². The van der Waals surface area contributed by atoms with Gasteiger partial charge < -0.3 is 28.7 Å². The summed E-state index contributed by atoms with van der Waals surface area (Å²) in [5, 5.41) is 0. The number of esters is 1. The van der Waals surface area contributed by atoms with Crippen LogP contribution in [0, 0.1) is 11.8 Å². The molecular formula is C21H30N2O5. The Morgan fingerprint density at radius 1 is 0.929 bits per heavy atom. The van der Waals surface area contributed by atoms with Crippen molar-refractivity contribution in [2.45, 2.75) is 6.10 Å². The highest BCUT2D eigenvalue weighted by Gasteiger charge is 2.42. The van der Waals surface area contributed by atoms with Gasteiger partial charge in [0.1, 0.15) is 6.10 Å². The maximum Gasteiger partial charge on any atom is 0.331 e. The lowest BCUT2D eigenvalue weighted by molar-refractivity contribution is -0.159. The molecule has 0 unspecified atom stereocenters. The van der Waals surface area contributed by atoms with Gasteiger partial charge in [-0.15, -0.1) is 0 Å². The number of piperidine rings is 2. The fraction of sp³-hybridized carbons (Fsp3) is 0.571. The predicted octanol–water partition coefficient (Wildman–Crippen LogP) is 1.76. The quantitative estimate of drug-likeness (QED) is 0.542. The van der Waals surface area contributed by atoms with Crippen LogP contribution < -0.4 is 14.2 Å². The number of likely N-dealkylation sites (tertiary alicyclic amines) is 2. The van der Waals surface area contributed by atoms with E-state index in [0.717, 1.165) is 31.7 Å². The lowest BCUT2D eigenvalue weighted by Gasteiger charge is -2.48. The summed E-state index contributed by atoms with van der Waals surface area (Å²) in [5.74, 6) is 1.99. The topological polar surface area (TPSA) is 60.5 Å². The molecule has 154 valence electrons. The first-order valence-electron chi connectivity index (χ1n) is 9.51. The lowest BCUT2D eigenvalue weighted by atomic mass is 9.82. The van der Waals surface area contributed by atoms with E-state index < -0.39 is 0 Å². The van der Waals surface area contributed by atoms with Gasteiger partial charge in [0.25, 0.3) is 0 Å². The van der Waals surface area contributed by atoms with Gasteiger partial charge >= 0.3 is 5.97 Å². The number of carbonyl (C=O) groups excluding carboxylic acids is 1. The van der Waals surface area contributed by atoms with Crippen molar-refractivity contribution in [3.8, 4) is 17.2 Å². The fourth-order valence-corrected chi connectivity index (χ4v) is 4.39. The summed E-state index contributed by atoms with van der Waals surface area (Å²) in [6, 6.07) is 3.59. The molecule has 7 heteroatoms. The third-order valence-electron chi connectivity index (χ3n) is 5.47. The van der Waals surface area contributed by atoms with Crippen LogP contribution in [0.2, 0.25) is 0 Å². The van der Waals surface area contributed by atoms with Gasteiger partial charge in [-0.3, -0.25) is 0 Å². The molecule has 0 atom stereocenters. The number of carbonyl (C=O) groups is 1. The summed E-state index contributed by atoms with van der Waals surface area (Å²) in [6.07, 6.45) is 3.16. The van der Waals surface area contributed by atoms with E-state index in [2.05, 4.69) is 23.9 Å². The molecule has 0 N–H and O–H groups in total. The largest absolute Gasteiger partial charge is 0.493 e. The van der Waals surface area contributed by atoms with Gasteiger partial charge in [-0.05, 0) is 37.9 Å². The average molecular weight is 390 g/mol. The molecule has 3 rings (SSSR count). The third-order valence-corrected chi connectivity index (χ3v) is 5.47. The zero-order valence-electron chi connectivity index (χ0n) is 17.3. The molecule has 2 fully saturated rings. The molecule has 0 saturated carbocycles. The number of methoxy groups -OCH3 is 3. The minimum atomic E-state index is -0.317. The first-order valence-corrected chi connectivity index (χ1v) is 9.51. The lowest BCUT2D eigenvalue weighted by Crippen LogP contribution is -2.59. The normalized spacial score (nSPS) is 25.5. The maximum atomic E-state index is 12.5. The molecule has 2 aliphatic rings. The van der Waals surface area contributed by atoms with Crippen molar-refractivity contribution >= 4 is 12.0 Å². The van der Waals surface area contributed by atoms with Gasteiger partial charge in [-0.1, -0.05) is 0 Å². The van der Waals surface area contributed by atoms with Crippen molar-refractivity contribution < 1.29 is 23.7 Å². The number of fused-ring (bicyclic) bond motifs is 2. The van der Waals surface area contributed by atoms with E-state index in [4.69, 9.17) is 18.9 Å². The first kappa shape index (κ1) is 20.5. The number of rotatable bonds is 6. The molecule has 2 heterocycles. The van der Waals surface area contributed by atoms with Crippen molar-refractivity contribution in [2.24, 2.45) is 11.8 Å². The Morgan fingerprint density at radius 2 is 1.43 bits per heavy atom. The van der Waals surface area contributed by atoms with Crippen LogP contribution in [0.3, 0.4) is 0 Å². The van der Waals surface area contributed by atoms with Crippen molar-refractivity contribution in [1.29, 1.82) is 0 Å². The molecule has 2 aliphatic heterocycles. The summed E-state index contributed by atoms with van der Waals surface area (Å²) < 4.78 is 21.9. The summed E-state index contributed by atoms with van der Waals surface area (Å²) in [7, 11) is 8.95. The number of benzene rings is 1. The predicted molar refractivity (Wildman–Crippen MR) is 107 cm³/mol. The highest BCUT2D eigenvalue weighted by Crippen LogP contribution is 2.38. The SMILES string of the molecule is COc1cc(C=CC(=O)OC2C3CN(C)CC2CN(C)C3)cc(OC)c1OC. The third kappa shape index (κ3) is 4.42. The Bertz CT molecular complexity index is 681. The molecule has 0 radical (unpaired) electrons. The van der Waals surface area contributed by atoms with E-state index >= 15 is 0 Å². The van der Waals surface area contributed by atoms with Crippen LogP contribution in [0.5, 0.6) is 17.2 Å². The molecule has 1 aromatic rings. The molecule has 2 saturated heterocycles. The minimum Gasteiger partial charge on any atom is -0.493 e. The van der Waals surface area contributed by atoms with Gasteiger partial charge in [-0.2, -0.15) is 0 Å². The van der Waals surface area contributed by atoms with Gasteiger partial charge in [0, 0.05) is 44.1 Å². The van der Waals surface area contributed by atoms with Crippen molar-refractivity contribution in [3.05, 3.63) is 23.8 Å². The summed E-state index contributed by atoms with van der Waals surface area (Å²) in [4.78, 5) is 17.2. The second-order valence-electron chi connectivity index (χ2n) is 7.66. The molecule has 7 nitrogen and oxygen atoms in total. The Labute approximate surface area is 166 Å². The van der Waals surface area contributed by atoms with E-state index in [0.29, 0.717) is 29.1 Å². The van der Waals surface area contributed by atoms with Gasteiger partial charge in [0.15, 0.2) is 11.5 Å². The van der Waals surface area contributed by atoms with E-state index in [1.54, 1.807) is 39.5 Å². The molecule has 0 spiro atoms. The van der Waals surface area contributed by atoms with Gasteiger partial charge in [-0.25, -0.2) is 4.79 Å². The number of hydrogen-bond donors (Lipinski definition) is 0. The number of nitrogens with zero attached hydrogens (tertiary/aromatic N) is 2. The second-order valence-corrected chi connectivity index (χ2v) is 7.66. The highest BCUT2D eigenvalue weighted by atomic mass is 16.5. The number of hydrogen-bond acceptors (Lipinski definition) is 7. The zero-order valence-corrected chi connectivity index (χ0v) is 17.3. The molecule has 0 aromatic heterocycles. The van der Waals surface area contributed by atoms with E-state index in [1.165, 1.54) is 6.08 Å². The summed E-state index contributed by atoms with van der Waals surface area (Å²) in [5.41, 5.74) is 0.773. The monoisotopic (exact) mass is 390 g/mol. The van der Waals surface area contributed by atoms with E-state index in [1.807, 2.05) is 0 Å². The van der Waals surface area contributed by atoms with Crippen LogP contribution in [-0.4, -0.2) is 83.5 Å². The Hall–Kier alpha value is -2.25. The van der Waals surface area contributed by atoms with Gasteiger partial charge in [0.05, 0.1) is 21.3 Å². The zero-order chi connectivity index (χ0) is 20.3. The smallest absolute Gasteiger partial charge is 0.331 e. The molecule has 2 bridgehead atoms. The molecule has 1 aromatic carbocycles. The first-order chi connectivity index (χ1) is 13.4. The van der Waals surface area contributed by atoms with Crippen molar-refractivity contribution in [1.82, 2.24) is 9.80 Å². The molecule has 28 heavy (non-hydrogen) atoms. The van der Waals surface area contributed by atoms with Crippen molar-refractivity contribution in [2.75, 3.05) is 61.6 Å². The molecule has 0 amide bonds. The van der Waals surface area contributed by atoms with E-state index in [9.17, 15) is 4.79 Å². The Kier molecular flexibility index (Phi) is 6.46. The highest BCUT2D eigenvalue weighted by molar-refractivity contribution is 5.87. The molecular weight excluding hydrogens is 360 g/mol. The second kappa shape index (κ2) is 8.84. The van der Waals surface area contributed by atoms with Crippen LogP contribution in [0.4, 0.5) is 0 Å².